The molecule has 0 bridgehead atoms. The number of nitrogens with one attached hydrogen (secondary N) is 1. The topological polar surface area (TPSA) is 34.1 Å². The Hall–Kier alpha value is -0.290. The summed E-state index contributed by atoms with van der Waals surface area (Å²) < 4.78 is 4.92. The number of ether oxygens (including phenoxy) is 1. The third-order valence-electron chi connectivity index (χ3n) is 1.73. The Morgan fingerprint density at radius 1 is 1.53 bits per heavy atom. The fraction of sp³-hybridized carbons (Fsp3) is 0.500. The number of rotatable bonds is 7. The summed E-state index contributed by atoms with van der Waals surface area (Å²) in [6.07, 6.45) is 1.76. The average molecular weight is 247 g/mol. The van der Waals surface area contributed by atoms with E-state index < -0.39 is 0 Å². The maximum atomic E-state index is 5.96. The molecule has 0 amide bonds. The lowest BCUT2D eigenvalue weighted by Gasteiger charge is -2.04. The first-order valence-corrected chi connectivity index (χ1v) is 6.14. The lowest BCUT2D eigenvalue weighted by molar-refractivity contribution is 0.200. The number of methoxy groups -OCH3 is 1. The van der Waals surface area contributed by atoms with Gasteiger partial charge in [-0.2, -0.15) is 0 Å². The van der Waals surface area contributed by atoms with Gasteiger partial charge in [-0.05, 0) is 12.1 Å². The number of pyridine rings is 1. The van der Waals surface area contributed by atoms with Crippen molar-refractivity contribution in [2.75, 3.05) is 32.6 Å². The summed E-state index contributed by atoms with van der Waals surface area (Å²) in [5.74, 6) is 0.959. The van der Waals surface area contributed by atoms with Crippen LogP contribution in [0.2, 0.25) is 5.02 Å². The predicted molar refractivity (Wildman–Crippen MR) is 64.7 cm³/mol. The van der Waals surface area contributed by atoms with Crippen molar-refractivity contribution in [1.29, 1.82) is 0 Å². The minimum absolute atomic E-state index is 0.722. The van der Waals surface area contributed by atoms with Gasteiger partial charge in [0.05, 0.1) is 11.6 Å². The third-order valence-corrected chi connectivity index (χ3v) is 3.15. The third kappa shape index (κ3) is 5.37. The first-order valence-electron chi connectivity index (χ1n) is 4.77. The second-order valence-corrected chi connectivity index (χ2v) is 4.37. The van der Waals surface area contributed by atoms with Crippen LogP contribution in [-0.4, -0.2) is 37.5 Å². The number of hydrogen-bond acceptors (Lipinski definition) is 4. The largest absolute Gasteiger partial charge is 0.383 e. The molecule has 0 aromatic carbocycles. The second kappa shape index (κ2) is 7.93. The van der Waals surface area contributed by atoms with Crippen LogP contribution >= 0.6 is 23.4 Å². The summed E-state index contributed by atoms with van der Waals surface area (Å²) in [4.78, 5) is 4.19. The molecule has 0 spiro atoms. The molecule has 15 heavy (non-hydrogen) atoms. The van der Waals surface area contributed by atoms with Crippen molar-refractivity contribution in [3.8, 4) is 0 Å². The Balaban J connectivity index is 2.12. The number of thioether (sulfide) groups is 1. The minimum Gasteiger partial charge on any atom is -0.383 e. The van der Waals surface area contributed by atoms with Crippen molar-refractivity contribution in [2.24, 2.45) is 0 Å². The van der Waals surface area contributed by atoms with Crippen molar-refractivity contribution in [1.82, 2.24) is 10.3 Å². The van der Waals surface area contributed by atoms with Gasteiger partial charge in [-0.25, -0.2) is 4.98 Å². The van der Waals surface area contributed by atoms with Crippen molar-refractivity contribution in [3.63, 3.8) is 0 Å². The molecule has 0 saturated heterocycles. The van der Waals surface area contributed by atoms with Crippen LogP contribution in [0, 0.1) is 0 Å². The quantitative estimate of drug-likeness (QED) is 0.590. The van der Waals surface area contributed by atoms with E-state index in [4.69, 9.17) is 16.3 Å². The van der Waals surface area contributed by atoms with E-state index in [1.165, 1.54) is 0 Å². The maximum Gasteiger partial charge on any atom is 0.115 e. The summed E-state index contributed by atoms with van der Waals surface area (Å²) in [7, 11) is 1.70. The van der Waals surface area contributed by atoms with Crippen LogP contribution in [0.1, 0.15) is 0 Å². The molecule has 0 aliphatic carbocycles. The fourth-order valence-electron chi connectivity index (χ4n) is 0.997. The van der Waals surface area contributed by atoms with Crippen molar-refractivity contribution >= 4 is 23.4 Å². The fourth-order valence-corrected chi connectivity index (χ4v) is 2.06. The second-order valence-electron chi connectivity index (χ2n) is 2.88. The van der Waals surface area contributed by atoms with Crippen LogP contribution < -0.4 is 5.32 Å². The summed E-state index contributed by atoms with van der Waals surface area (Å²) in [5.41, 5.74) is 0. The van der Waals surface area contributed by atoms with Gasteiger partial charge in [0.1, 0.15) is 5.03 Å². The molecule has 0 aliphatic heterocycles. The van der Waals surface area contributed by atoms with Gasteiger partial charge < -0.3 is 10.1 Å². The summed E-state index contributed by atoms with van der Waals surface area (Å²) in [6.45, 7) is 2.56. The molecule has 0 unspecified atom stereocenters. The highest BCUT2D eigenvalue weighted by Crippen LogP contribution is 2.23. The summed E-state index contributed by atoms with van der Waals surface area (Å²) in [5, 5.41) is 4.88. The molecule has 5 heteroatoms. The molecule has 1 aromatic heterocycles. The van der Waals surface area contributed by atoms with Gasteiger partial charge in [0, 0.05) is 32.1 Å². The van der Waals surface area contributed by atoms with Gasteiger partial charge in [0.2, 0.25) is 0 Å². The Morgan fingerprint density at radius 2 is 2.40 bits per heavy atom. The van der Waals surface area contributed by atoms with Gasteiger partial charge >= 0.3 is 0 Å². The van der Waals surface area contributed by atoms with E-state index in [1.807, 2.05) is 12.1 Å². The molecule has 1 heterocycles. The molecule has 0 saturated carbocycles. The van der Waals surface area contributed by atoms with Crippen LogP contribution in [-0.2, 0) is 4.74 Å². The van der Waals surface area contributed by atoms with Gasteiger partial charge in [-0.1, -0.05) is 11.6 Å². The molecule has 3 nitrogen and oxygen atoms in total. The molecule has 1 N–H and O–H groups in total. The molecule has 1 rings (SSSR count). The van der Waals surface area contributed by atoms with Crippen molar-refractivity contribution in [2.45, 2.75) is 5.03 Å². The Morgan fingerprint density at radius 3 is 3.13 bits per heavy atom. The molecule has 0 fully saturated rings. The van der Waals surface area contributed by atoms with E-state index in [0.717, 1.165) is 35.5 Å². The number of aromatic nitrogens is 1. The van der Waals surface area contributed by atoms with Crippen molar-refractivity contribution < 1.29 is 4.74 Å². The molecule has 0 aliphatic rings. The average Bonchev–Trinajstić information content (AvgIpc) is 2.25. The zero-order chi connectivity index (χ0) is 10.9. The normalized spacial score (nSPS) is 10.5. The molecular weight excluding hydrogens is 232 g/mol. The highest BCUT2D eigenvalue weighted by atomic mass is 35.5. The van der Waals surface area contributed by atoms with Crippen LogP contribution in [0.25, 0.3) is 0 Å². The van der Waals surface area contributed by atoms with E-state index in [-0.39, 0.29) is 0 Å². The first-order chi connectivity index (χ1) is 7.34. The smallest absolute Gasteiger partial charge is 0.115 e. The van der Waals surface area contributed by atoms with Gasteiger partial charge in [0.25, 0.3) is 0 Å². The van der Waals surface area contributed by atoms with E-state index in [1.54, 1.807) is 25.1 Å². The molecule has 0 radical (unpaired) electrons. The van der Waals surface area contributed by atoms with Crippen LogP contribution in [0.4, 0.5) is 0 Å². The highest BCUT2D eigenvalue weighted by molar-refractivity contribution is 7.99. The van der Waals surface area contributed by atoms with Gasteiger partial charge in [-0.15, -0.1) is 11.8 Å². The SMILES string of the molecule is COCCNCCSc1ncccc1Cl. The Labute approximate surface area is 99.6 Å². The zero-order valence-corrected chi connectivity index (χ0v) is 10.3. The molecule has 0 atom stereocenters. The van der Waals surface area contributed by atoms with E-state index in [9.17, 15) is 0 Å². The van der Waals surface area contributed by atoms with Gasteiger partial charge in [-0.3, -0.25) is 0 Å². The van der Waals surface area contributed by atoms with E-state index >= 15 is 0 Å². The first kappa shape index (κ1) is 12.8. The lowest BCUT2D eigenvalue weighted by atomic mass is 10.5. The van der Waals surface area contributed by atoms with Gasteiger partial charge in [0.15, 0.2) is 0 Å². The minimum atomic E-state index is 0.722. The standard InChI is InChI=1S/C10H15ClN2OS/c1-14-7-5-12-6-8-15-10-9(11)3-2-4-13-10/h2-4,12H,5-8H2,1H3. The Kier molecular flexibility index (Phi) is 6.76. The predicted octanol–water partition coefficient (Wildman–Crippen LogP) is 2.06. The molecular formula is C10H15ClN2OS. The van der Waals surface area contributed by atoms with Crippen molar-refractivity contribution in [3.05, 3.63) is 23.4 Å². The lowest BCUT2D eigenvalue weighted by Crippen LogP contribution is -2.21. The number of nitrogens with zero attached hydrogens (tertiary/aromatic N) is 1. The highest BCUT2D eigenvalue weighted by Gasteiger charge is 2.00. The summed E-state index contributed by atoms with van der Waals surface area (Å²) >= 11 is 7.62. The molecule has 1 aromatic rings. The maximum absolute atomic E-state index is 5.96. The molecule has 84 valence electrons. The Bertz CT molecular complexity index is 286. The number of halogens is 1. The van der Waals surface area contributed by atoms with E-state index in [0.29, 0.717) is 0 Å². The monoisotopic (exact) mass is 246 g/mol. The zero-order valence-electron chi connectivity index (χ0n) is 8.70. The van der Waals surface area contributed by atoms with Crippen LogP contribution in [0.3, 0.4) is 0 Å². The summed E-state index contributed by atoms with van der Waals surface area (Å²) in [6, 6.07) is 3.69. The van der Waals surface area contributed by atoms with E-state index in [2.05, 4.69) is 10.3 Å². The van der Waals surface area contributed by atoms with Crippen LogP contribution in [0.5, 0.6) is 0 Å². The number of hydrogen-bond donors (Lipinski definition) is 1. The van der Waals surface area contributed by atoms with Crippen LogP contribution in [0.15, 0.2) is 23.4 Å².